The lowest BCUT2D eigenvalue weighted by molar-refractivity contribution is 0.102. The summed E-state index contributed by atoms with van der Waals surface area (Å²) >= 11 is 0. The van der Waals surface area contributed by atoms with Crippen LogP contribution in [0, 0.1) is 5.82 Å². The van der Waals surface area contributed by atoms with Crippen LogP contribution in [0.15, 0.2) is 42.5 Å². The molecule has 0 aliphatic carbocycles. The van der Waals surface area contributed by atoms with E-state index in [9.17, 15) is 9.18 Å². The summed E-state index contributed by atoms with van der Waals surface area (Å²) in [5.41, 5.74) is 7.98. The fourth-order valence-corrected chi connectivity index (χ4v) is 2.84. The first kappa shape index (κ1) is 21.2. The third-order valence-electron chi connectivity index (χ3n) is 4.13. The maximum absolute atomic E-state index is 14.2. The number of nitrogens with zero attached hydrogens (tertiary/aromatic N) is 1. The summed E-state index contributed by atoms with van der Waals surface area (Å²) < 4.78 is 14.2. The second-order valence-electron chi connectivity index (χ2n) is 5.68. The molecule has 0 spiro atoms. The average Bonchev–Trinajstić information content (AvgIpc) is 3.11. The van der Waals surface area contributed by atoms with Crippen LogP contribution in [-0.4, -0.2) is 19.0 Å². The van der Waals surface area contributed by atoms with Gasteiger partial charge in [0.05, 0.1) is 5.69 Å². The molecule has 0 saturated carbocycles. The van der Waals surface area contributed by atoms with Crippen LogP contribution < -0.4 is 16.0 Å². The first-order chi connectivity index (χ1) is 11.2. The number of hydrogen-bond acceptors (Lipinski definition) is 3. The molecule has 136 valence electrons. The Bertz CT molecular complexity index is 704. The Hall–Kier alpha value is -1.82. The Labute approximate surface area is 159 Å². The molecule has 3 rings (SSSR count). The number of anilines is 2. The maximum atomic E-state index is 14.2. The van der Waals surface area contributed by atoms with E-state index < -0.39 is 5.82 Å². The van der Waals surface area contributed by atoms with Crippen LogP contribution in [-0.2, 0) is 6.54 Å². The Kier molecular flexibility index (Phi) is 8.16. The van der Waals surface area contributed by atoms with Gasteiger partial charge in [0.25, 0.3) is 5.91 Å². The van der Waals surface area contributed by atoms with Crippen molar-refractivity contribution < 1.29 is 9.18 Å². The summed E-state index contributed by atoms with van der Waals surface area (Å²) in [7, 11) is 0. The zero-order valence-electron chi connectivity index (χ0n) is 13.7. The molecule has 1 fully saturated rings. The lowest BCUT2D eigenvalue weighted by atomic mass is 10.1. The molecule has 1 heterocycles. The van der Waals surface area contributed by atoms with Gasteiger partial charge in [-0.2, -0.15) is 0 Å². The molecule has 25 heavy (non-hydrogen) atoms. The lowest BCUT2D eigenvalue weighted by Gasteiger charge is -2.22. The SMILES string of the molecule is Cl.Cl.NCc1ccc(C(=O)Nc2c(F)cccc2N2CCCC2)cc1. The molecule has 1 amide bonds. The number of rotatable bonds is 4. The van der Waals surface area contributed by atoms with Gasteiger partial charge in [0.15, 0.2) is 0 Å². The van der Waals surface area contributed by atoms with Gasteiger partial charge in [-0.3, -0.25) is 4.79 Å². The van der Waals surface area contributed by atoms with E-state index in [-0.39, 0.29) is 36.4 Å². The van der Waals surface area contributed by atoms with Gasteiger partial charge in [-0.15, -0.1) is 24.8 Å². The molecule has 2 aromatic rings. The Morgan fingerprint density at radius 3 is 2.32 bits per heavy atom. The van der Waals surface area contributed by atoms with Crippen molar-refractivity contribution in [1.82, 2.24) is 0 Å². The smallest absolute Gasteiger partial charge is 0.255 e. The number of carbonyl (C=O) groups excluding carboxylic acids is 1. The molecule has 1 saturated heterocycles. The highest BCUT2D eigenvalue weighted by Crippen LogP contribution is 2.31. The van der Waals surface area contributed by atoms with Gasteiger partial charge in [0, 0.05) is 25.2 Å². The number of para-hydroxylation sites is 1. The van der Waals surface area contributed by atoms with Crippen LogP contribution in [0.2, 0.25) is 0 Å². The highest BCUT2D eigenvalue weighted by atomic mass is 35.5. The molecule has 4 nitrogen and oxygen atoms in total. The van der Waals surface area contributed by atoms with Gasteiger partial charge >= 0.3 is 0 Å². The third kappa shape index (κ3) is 4.84. The first-order valence-electron chi connectivity index (χ1n) is 7.83. The largest absolute Gasteiger partial charge is 0.370 e. The quantitative estimate of drug-likeness (QED) is 0.836. The van der Waals surface area contributed by atoms with Crippen LogP contribution in [0.1, 0.15) is 28.8 Å². The van der Waals surface area contributed by atoms with E-state index in [0.29, 0.717) is 12.1 Å². The molecule has 0 bridgehead atoms. The fraction of sp³-hybridized carbons (Fsp3) is 0.278. The minimum absolute atomic E-state index is 0. The second kappa shape index (κ2) is 9.61. The van der Waals surface area contributed by atoms with E-state index in [1.54, 1.807) is 30.3 Å². The van der Waals surface area contributed by atoms with Gasteiger partial charge in [0.2, 0.25) is 0 Å². The van der Waals surface area contributed by atoms with Crippen LogP contribution in [0.5, 0.6) is 0 Å². The summed E-state index contributed by atoms with van der Waals surface area (Å²) in [6.07, 6.45) is 2.18. The van der Waals surface area contributed by atoms with Gasteiger partial charge in [-0.1, -0.05) is 18.2 Å². The predicted molar refractivity (Wildman–Crippen MR) is 105 cm³/mol. The molecule has 1 aliphatic heterocycles. The van der Waals surface area contributed by atoms with E-state index in [0.717, 1.165) is 37.2 Å². The standard InChI is InChI=1S/C18H20FN3O.2ClH/c19-15-4-3-5-16(22-10-1-2-11-22)17(15)21-18(23)14-8-6-13(12-20)7-9-14;;/h3-9H,1-2,10-12,20H2,(H,21,23);2*1H. The number of nitrogens with one attached hydrogen (secondary N) is 1. The number of carbonyl (C=O) groups is 1. The first-order valence-corrected chi connectivity index (χ1v) is 7.83. The second-order valence-corrected chi connectivity index (χ2v) is 5.68. The molecule has 0 unspecified atom stereocenters. The summed E-state index contributed by atoms with van der Waals surface area (Å²) in [6.45, 7) is 2.20. The van der Waals surface area contributed by atoms with Crippen LogP contribution in [0.25, 0.3) is 0 Å². The zero-order chi connectivity index (χ0) is 16.2. The molecule has 1 aliphatic rings. The summed E-state index contributed by atoms with van der Waals surface area (Å²) in [4.78, 5) is 14.5. The van der Waals surface area contributed by atoms with Gasteiger partial charge in [-0.25, -0.2) is 4.39 Å². The van der Waals surface area contributed by atoms with Crippen molar-refractivity contribution in [2.24, 2.45) is 5.73 Å². The van der Waals surface area contributed by atoms with Gasteiger partial charge in [0.1, 0.15) is 11.5 Å². The van der Waals surface area contributed by atoms with Crippen molar-refractivity contribution in [3.8, 4) is 0 Å². The van der Waals surface area contributed by atoms with Crippen molar-refractivity contribution in [2.45, 2.75) is 19.4 Å². The van der Waals surface area contributed by atoms with Crippen molar-refractivity contribution in [3.05, 3.63) is 59.4 Å². The minimum Gasteiger partial charge on any atom is -0.370 e. The number of nitrogens with two attached hydrogens (primary N) is 1. The Morgan fingerprint density at radius 2 is 1.72 bits per heavy atom. The Morgan fingerprint density at radius 1 is 1.08 bits per heavy atom. The van der Waals surface area contributed by atoms with E-state index in [1.165, 1.54) is 6.07 Å². The summed E-state index contributed by atoms with van der Waals surface area (Å²) in [5.74, 6) is -0.736. The summed E-state index contributed by atoms with van der Waals surface area (Å²) in [6, 6.07) is 11.9. The average molecular weight is 386 g/mol. The molecule has 7 heteroatoms. The van der Waals surface area contributed by atoms with Crippen LogP contribution in [0.4, 0.5) is 15.8 Å². The van der Waals surface area contributed by atoms with Crippen LogP contribution >= 0.6 is 24.8 Å². The molecule has 0 radical (unpaired) electrons. The lowest BCUT2D eigenvalue weighted by Crippen LogP contribution is -2.22. The number of amides is 1. The maximum Gasteiger partial charge on any atom is 0.255 e. The van der Waals surface area contributed by atoms with Crippen molar-refractivity contribution >= 4 is 42.1 Å². The van der Waals surface area contributed by atoms with Gasteiger partial charge in [-0.05, 0) is 42.7 Å². The Balaban J connectivity index is 0.00000156. The predicted octanol–water partition coefficient (Wildman–Crippen LogP) is 3.98. The normalized spacial score (nSPS) is 13.0. The molecule has 0 atom stereocenters. The van der Waals surface area contributed by atoms with Gasteiger partial charge < -0.3 is 16.0 Å². The number of halogens is 3. The van der Waals surface area contributed by atoms with Crippen molar-refractivity contribution in [2.75, 3.05) is 23.3 Å². The fourth-order valence-electron chi connectivity index (χ4n) is 2.84. The topological polar surface area (TPSA) is 58.4 Å². The highest BCUT2D eigenvalue weighted by Gasteiger charge is 2.20. The molecular weight excluding hydrogens is 364 g/mol. The zero-order valence-corrected chi connectivity index (χ0v) is 15.3. The number of benzene rings is 2. The van der Waals surface area contributed by atoms with Crippen LogP contribution in [0.3, 0.4) is 0 Å². The van der Waals surface area contributed by atoms with E-state index in [2.05, 4.69) is 10.2 Å². The van der Waals surface area contributed by atoms with Crippen molar-refractivity contribution in [3.63, 3.8) is 0 Å². The minimum atomic E-state index is -0.415. The van der Waals surface area contributed by atoms with Crippen molar-refractivity contribution in [1.29, 1.82) is 0 Å². The molecule has 2 aromatic carbocycles. The molecule has 3 N–H and O–H groups in total. The number of hydrogen-bond donors (Lipinski definition) is 2. The highest BCUT2D eigenvalue weighted by molar-refractivity contribution is 6.06. The molecule has 0 aromatic heterocycles. The third-order valence-corrected chi connectivity index (χ3v) is 4.13. The van der Waals surface area contributed by atoms with E-state index >= 15 is 0 Å². The monoisotopic (exact) mass is 385 g/mol. The molecular formula is C18H22Cl2FN3O. The van der Waals surface area contributed by atoms with E-state index in [1.807, 2.05) is 6.07 Å². The summed E-state index contributed by atoms with van der Waals surface area (Å²) in [5, 5.41) is 2.72. The van der Waals surface area contributed by atoms with E-state index in [4.69, 9.17) is 5.73 Å².